The molecule has 0 radical (unpaired) electrons. The molecule has 0 bridgehead atoms. The van der Waals surface area contributed by atoms with E-state index in [1.165, 1.54) is 6.42 Å². The number of ether oxygens (including phenoxy) is 1. The van der Waals surface area contributed by atoms with Crippen molar-refractivity contribution in [2.45, 2.75) is 6.42 Å². The van der Waals surface area contributed by atoms with E-state index in [0.717, 1.165) is 13.2 Å². The summed E-state index contributed by atoms with van der Waals surface area (Å²) >= 11 is 0. The van der Waals surface area contributed by atoms with Crippen LogP contribution in [0.1, 0.15) is 6.42 Å². The molecule has 0 spiro atoms. The summed E-state index contributed by atoms with van der Waals surface area (Å²) in [4.78, 5) is 0. The molecule has 0 aromatic rings. The molecule has 0 aromatic heterocycles. The third kappa shape index (κ3) is 1.99. The molecule has 0 aliphatic carbocycles. The van der Waals surface area contributed by atoms with Gasteiger partial charge in [0.1, 0.15) is 0 Å². The number of hydrogen-bond donors (Lipinski definition) is 0. The Morgan fingerprint density at radius 2 is 1.40 bits per heavy atom. The molecule has 0 amide bonds. The molecule has 0 unspecified atom stereocenters. The van der Waals surface area contributed by atoms with Crippen molar-refractivity contribution in [3.63, 3.8) is 0 Å². The molecular weight excluding hydrogens is 92.0 g/mol. The maximum absolute atomic E-state index is 4.72. The van der Waals surface area contributed by atoms with Crippen LogP contribution in [0.15, 0.2) is 0 Å². The van der Waals surface area contributed by atoms with Crippen LogP contribution in [-0.4, -0.2) is 13.2 Å². The van der Waals surface area contributed by atoms with Crippen molar-refractivity contribution >= 4 is 0 Å². The largest absolute Gasteiger partial charge is 0.381 e. The van der Waals surface area contributed by atoms with E-state index in [-0.39, 0.29) is 37.7 Å². The standard InChI is InChI=1S/C3H6O.Ar/c1-2-4-3-1;/h1-3H2;. The zero-order valence-electron chi connectivity index (χ0n) is 2.88. The van der Waals surface area contributed by atoms with Crippen molar-refractivity contribution in [3.8, 4) is 0 Å². The van der Waals surface area contributed by atoms with E-state index in [0.29, 0.717) is 0 Å². The summed E-state index contributed by atoms with van der Waals surface area (Å²) < 4.78 is 4.72. The summed E-state index contributed by atoms with van der Waals surface area (Å²) in [7, 11) is 0. The maximum Gasteiger partial charge on any atom is 0.0488 e. The van der Waals surface area contributed by atoms with Crippen LogP contribution < -0.4 is 0 Å². The SMILES string of the molecule is C1COC1.[Ar]. The zero-order chi connectivity index (χ0) is 2.83. The van der Waals surface area contributed by atoms with Gasteiger partial charge in [0.15, 0.2) is 0 Å². The van der Waals surface area contributed by atoms with Gasteiger partial charge in [0.2, 0.25) is 0 Å². The van der Waals surface area contributed by atoms with Gasteiger partial charge in [0.25, 0.3) is 0 Å². The van der Waals surface area contributed by atoms with E-state index in [1.54, 1.807) is 0 Å². The molecule has 0 atom stereocenters. The van der Waals surface area contributed by atoms with Gasteiger partial charge in [-0.2, -0.15) is 0 Å². The molecule has 1 fully saturated rings. The summed E-state index contributed by atoms with van der Waals surface area (Å²) in [6, 6.07) is 0. The molecule has 0 N–H and O–H groups in total. The van der Waals surface area contributed by atoms with Gasteiger partial charge in [-0.3, -0.25) is 0 Å². The quantitative estimate of drug-likeness (QED) is 0.426. The minimum atomic E-state index is 0. The van der Waals surface area contributed by atoms with Crippen LogP contribution >= 0.6 is 0 Å². The van der Waals surface area contributed by atoms with Gasteiger partial charge in [0, 0.05) is 51.0 Å². The molecule has 32 valence electrons. The first-order chi connectivity index (χ1) is 2.00. The van der Waals surface area contributed by atoms with Crippen molar-refractivity contribution < 1.29 is 42.5 Å². The van der Waals surface area contributed by atoms with Crippen molar-refractivity contribution in [2.75, 3.05) is 13.2 Å². The van der Waals surface area contributed by atoms with Gasteiger partial charge in [-0.05, 0) is 6.42 Å². The van der Waals surface area contributed by atoms with Crippen molar-refractivity contribution in [3.05, 3.63) is 0 Å². The average Bonchev–Trinajstić information content (AvgIpc) is 0.722. The first-order valence-corrected chi connectivity index (χ1v) is 1.58. The van der Waals surface area contributed by atoms with Crippen molar-refractivity contribution in [1.82, 2.24) is 0 Å². The smallest absolute Gasteiger partial charge is 0.0488 e. The van der Waals surface area contributed by atoms with Gasteiger partial charge < -0.3 is 4.74 Å². The second-order valence-corrected chi connectivity index (χ2v) is 0.966. The summed E-state index contributed by atoms with van der Waals surface area (Å²) in [5.41, 5.74) is 0. The first-order valence-electron chi connectivity index (χ1n) is 1.58. The monoisotopic (exact) mass is 98.0 g/mol. The second-order valence-electron chi connectivity index (χ2n) is 0.966. The van der Waals surface area contributed by atoms with E-state index in [2.05, 4.69) is 0 Å². The third-order valence-electron chi connectivity index (χ3n) is 0.577. The van der Waals surface area contributed by atoms with Crippen LogP contribution in [-0.2, 0) is 4.74 Å². The fourth-order valence-corrected chi connectivity index (χ4v) is 0.144. The Kier molecular flexibility index (Phi) is 4.24. The molecule has 0 aromatic carbocycles. The summed E-state index contributed by atoms with van der Waals surface area (Å²) in [6.45, 7) is 2.00. The molecule has 2 heteroatoms. The van der Waals surface area contributed by atoms with Crippen molar-refractivity contribution in [2.24, 2.45) is 0 Å². The van der Waals surface area contributed by atoms with Gasteiger partial charge >= 0.3 is 0 Å². The topological polar surface area (TPSA) is 9.23 Å². The van der Waals surface area contributed by atoms with Gasteiger partial charge in [0.05, 0.1) is 0 Å². The van der Waals surface area contributed by atoms with E-state index in [9.17, 15) is 0 Å². The van der Waals surface area contributed by atoms with Crippen LogP contribution in [0.3, 0.4) is 0 Å². The van der Waals surface area contributed by atoms with Gasteiger partial charge in [-0.15, -0.1) is 0 Å². The van der Waals surface area contributed by atoms with Crippen molar-refractivity contribution in [1.29, 1.82) is 0 Å². The molecule has 1 saturated heterocycles. The van der Waals surface area contributed by atoms with E-state index < -0.39 is 0 Å². The number of rotatable bonds is 0. The third-order valence-corrected chi connectivity index (χ3v) is 0.577. The molecule has 1 aliphatic rings. The predicted octanol–water partition coefficient (Wildman–Crippen LogP) is 0.407. The second kappa shape index (κ2) is 3.41. The Bertz CT molecular complexity index is 14.9. The first kappa shape index (κ1) is 6.22. The van der Waals surface area contributed by atoms with Crippen LogP contribution in [0.5, 0.6) is 0 Å². The molecular formula is C3H6ArO. The Labute approximate surface area is 61.7 Å². The summed E-state index contributed by atoms with van der Waals surface area (Å²) in [5, 5.41) is 0. The van der Waals surface area contributed by atoms with Crippen LogP contribution in [0, 0.1) is 37.7 Å². The maximum atomic E-state index is 4.72. The Balaban J connectivity index is 0.000000160. The van der Waals surface area contributed by atoms with Gasteiger partial charge in [-0.25, -0.2) is 0 Å². The van der Waals surface area contributed by atoms with Crippen LogP contribution in [0.4, 0.5) is 0 Å². The Hall–Kier alpha value is 1.22. The number of hydrogen-bond acceptors (Lipinski definition) is 1. The van der Waals surface area contributed by atoms with E-state index >= 15 is 0 Å². The molecule has 1 nitrogen and oxygen atoms in total. The zero-order valence-corrected chi connectivity index (χ0v) is 3.59. The Morgan fingerprint density at radius 3 is 1.40 bits per heavy atom. The fourth-order valence-electron chi connectivity index (χ4n) is 0.144. The van der Waals surface area contributed by atoms with Gasteiger partial charge in [-0.1, -0.05) is 0 Å². The minimum Gasteiger partial charge on any atom is -0.381 e. The van der Waals surface area contributed by atoms with E-state index in [4.69, 9.17) is 4.74 Å². The van der Waals surface area contributed by atoms with E-state index in [1.807, 2.05) is 0 Å². The van der Waals surface area contributed by atoms with Crippen LogP contribution in [0.2, 0.25) is 0 Å². The molecule has 1 aliphatic heterocycles. The molecule has 5 heavy (non-hydrogen) atoms. The normalized spacial score (nSPS) is 19.2. The minimum absolute atomic E-state index is 0. The molecule has 1 heterocycles. The Morgan fingerprint density at radius 1 is 1.20 bits per heavy atom. The average molecular weight is 98.0 g/mol. The summed E-state index contributed by atoms with van der Waals surface area (Å²) in [6.07, 6.45) is 1.28. The molecule has 1 rings (SSSR count). The predicted molar refractivity (Wildman–Crippen MR) is 15.4 cm³/mol. The summed E-state index contributed by atoms with van der Waals surface area (Å²) in [5.74, 6) is 0. The fraction of sp³-hybridized carbons (Fsp3) is 1.00. The van der Waals surface area contributed by atoms with Crippen LogP contribution in [0.25, 0.3) is 0 Å². The molecule has 0 saturated carbocycles.